The highest BCUT2D eigenvalue weighted by Crippen LogP contribution is 2.47. The van der Waals surface area contributed by atoms with E-state index in [9.17, 15) is 0 Å². The van der Waals surface area contributed by atoms with Crippen LogP contribution in [0.1, 0.15) is 30.4 Å². The SMILES string of the molecule is C1=CC=C2C(=CC3CCCC23)C=C1.C1=Cc2cc3cccccc-3c2C1.[BH4-]. The molecule has 1 saturated carbocycles. The minimum atomic E-state index is 0. The lowest BCUT2D eigenvalue weighted by Crippen LogP contribution is -2.00. The van der Waals surface area contributed by atoms with E-state index in [0.29, 0.717) is 0 Å². The Balaban J connectivity index is 0.000000129. The van der Waals surface area contributed by atoms with Crippen molar-refractivity contribution in [3.63, 3.8) is 0 Å². The average Bonchev–Trinajstić information content (AvgIpc) is 3.34. The number of allylic oxidation sites excluding steroid dienone is 9. The van der Waals surface area contributed by atoms with Crippen LogP contribution >= 0.6 is 0 Å². The van der Waals surface area contributed by atoms with Crippen molar-refractivity contribution in [2.24, 2.45) is 11.8 Å². The summed E-state index contributed by atoms with van der Waals surface area (Å²) in [4.78, 5) is 0. The summed E-state index contributed by atoms with van der Waals surface area (Å²) in [5.74, 6) is 1.71. The lowest BCUT2D eigenvalue weighted by atomic mass is 9.94. The number of fused-ring (bicyclic) bond motifs is 6. The molecule has 0 aromatic rings. The van der Waals surface area contributed by atoms with Gasteiger partial charge in [0.25, 0.3) is 0 Å². The summed E-state index contributed by atoms with van der Waals surface area (Å²) >= 11 is 0. The third-order valence-corrected chi connectivity index (χ3v) is 6.15. The minimum absolute atomic E-state index is 0. The lowest BCUT2D eigenvalue weighted by molar-refractivity contribution is 0.564. The van der Waals surface area contributed by atoms with Gasteiger partial charge < -0.3 is 0 Å². The second-order valence-corrected chi connectivity index (χ2v) is 7.65. The molecule has 0 aromatic heterocycles. The second kappa shape index (κ2) is 7.60. The highest BCUT2D eigenvalue weighted by atomic mass is 14.4. The molecule has 2 unspecified atom stereocenters. The number of rotatable bonds is 0. The van der Waals surface area contributed by atoms with Crippen LogP contribution in [0.4, 0.5) is 0 Å². The highest BCUT2D eigenvalue weighted by Gasteiger charge is 2.34. The van der Waals surface area contributed by atoms with Gasteiger partial charge in [-0.2, -0.15) is 0 Å². The van der Waals surface area contributed by atoms with Crippen LogP contribution in [0.3, 0.4) is 0 Å². The standard InChI is InChI=1S/C13H14.C13H10.BH4/c2*1-2-5-10-9-11-6-4-8-13(11)12(10)7-3-1;/h1-3,5,7,9,11,13H,4,6,8H2;1-7,9H,8H2;1H4/q;;-1. The Morgan fingerprint density at radius 1 is 0.889 bits per heavy atom. The van der Waals surface area contributed by atoms with E-state index < -0.39 is 0 Å². The van der Waals surface area contributed by atoms with Crippen LogP contribution in [0.5, 0.6) is 0 Å². The molecular weight excluding hydrogens is 323 g/mol. The van der Waals surface area contributed by atoms with Crippen molar-refractivity contribution in [1.82, 2.24) is 0 Å². The van der Waals surface area contributed by atoms with Gasteiger partial charge in [-0.25, -0.2) is 0 Å². The van der Waals surface area contributed by atoms with Gasteiger partial charge in [-0.15, -0.1) is 0 Å². The predicted octanol–water partition coefficient (Wildman–Crippen LogP) is 5.30. The molecule has 1 heteroatoms. The van der Waals surface area contributed by atoms with E-state index in [1.807, 2.05) is 0 Å². The van der Waals surface area contributed by atoms with Gasteiger partial charge in [-0.3, -0.25) is 0 Å². The van der Waals surface area contributed by atoms with Crippen LogP contribution in [0.25, 0.3) is 17.2 Å². The summed E-state index contributed by atoms with van der Waals surface area (Å²) < 4.78 is 0. The van der Waals surface area contributed by atoms with Crippen LogP contribution in [0.2, 0.25) is 0 Å². The Labute approximate surface area is 164 Å². The summed E-state index contributed by atoms with van der Waals surface area (Å²) in [6.07, 6.45) is 23.3. The molecule has 1 fully saturated rings. The summed E-state index contributed by atoms with van der Waals surface area (Å²) in [6, 6.07) is 13.0. The molecule has 6 aliphatic carbocycles. The molecule has 0 amide bonds. The van der Waals surface area contributed by atoms with Crippen molar-refractivity contribution < 1.29 is 0 Å². The van der Waals surface area contributed by atoms with E-state index in [-0.39, 0.29) is 8.41 Å². The molecule has 0 nitrogen and oxygen atoms in total. The van der Waals surface area contributed by atoms with Crippen LogP contribution in [-0.2, 0) is 6.42 Å². The van der Waals surface area contributed by atoms with Gasteiger partial charge >= 0.3 is 0 Å². The molecule has 136 valence electrons. The number of hydrogen-bond donors (Lipinski definition) is 0. The molecule has 0 radical (unpaired) electrons. The van der Waals surface area contributed by atoms with Crippen molar-refractivity contribution in [3.8, 4) is 11.1 Å². The summed E-state index contributed by atoms with van der Waals surface area (Å²) in [6.45, 7) is 0. The largest absolute Gasteiger partial charge is 0.0795 e. The quantitative estimate of drug-likeness (QED) is 0.565. The summed E-state index contributed by atoms with van der Waals surface area (Å²) in [7, 11) is 0. The van der Waals surface area contributed by atoms with Crippen molar-refractivity contribution in [3.05, 3.63) is 101 Å². The van der Waals surface area contributed by atoms with Crippen molar-refractivity contribution in [2.45, 2.75) is 25.7 Å². The molecule has 0 heterocycles. The zero-order chi connectivity index (χ0) is 17.3. The van der Waals surface area contributed by atoms with Gasteiger partial charge in [0, 0.05) is 0 Å². The first kappa shape index (κ1) is 17.9. The van der Waals surface area contributed by atoms with Crippen molar-refractivity contribution >= 4 is 14.5 Å². The maximum absolute atomic E-state index is 2.48. The van der Waals surface area contributed by atoms with Crippen LogP contribution in [0.15, 0.2) is 90.1 Å². The fourth-order valence-electron chi connectivity index (χ4n) is 4.92. The Kier molecular flexibility index (Phi) is 5.03. The number of hydrogen-bond acceptors (Lipinski definition) is 0. The lowest BCUT2D eigenvalue weighted by Gasteiger charge is -2.10. The Bertz CT molecular complexity index is 954. The van der Waals surface area contributed by atoms with Crippen LogP contribution < -0.4 is 0 Å². The maximum Gasteiger partial charge on any atom is -0.00820 e. The average molecular weight is 351 g/mol. The topological polar surface area (TPSA) is 0 Å². The third kappa shape index (κ3) is 3.27. The first-order valence-corrected chi connectivity index (χ1v) is 9.84. The molecule has 0 aliphatic heterocycles. The van der Waals surface area contributed by atoms with E-state index in [2.05, 4.69) is 85.0 Å². The van der Waals surface area contributed by atoms with E-state index in [1.54, 1.807) is 5.57 Å². The monoisotopic (exact) mass is 351 g/mol. The summed E-state index contributed by atoms with van der Waals surface area (Å²) in [5.41, 5.74) is 8.74. The first-order valence-electron chi connectivity index (χ1n) is 9.84. The fraction of sp³-hybridized carbons (Fsp3) is 0.231. The minimum Gasteiger partial charge on any atom is -0.0795 e. The predicted molar refractivity (Wildman–Crippen MR) is 122 cm³/mol. The molecule has 0 spiro atoms. The molecule has 0 aromatic carbocycles. The van der Waals surface area contributed by atoms with Crippen molar-refractivity contribution in [1.29, 1.82) is 0 Å². The fourth-order valence-corrected chi connectivity index (χ4v) is 4.92. The Hall–Kier alpha value is -2.54. The normalized spacial score (nSPS) is 23.4. The van der Waals surface area contributed by atoms with Gasteiger partial charge in [-0.05, 0) is 70.6 Å². The molecule has 6 aliphatic rings. The van der Waals surface area contributed by atoms with E-state index in [0.717, 1.165) is 18.3 Å². The molecule has 0 saturated heterocycles. The smallest absolute Gasteiger partial charge is 0.00820 e. The van der Waals surface area contributed by atoms with Crippen LogP contribution in [-0.4, -0.2) is 8.41 Å². The Morgan fingerprint density at radius 3 is 2.78 bits per heavy atom. The molecular formula is C26H28B-. The second-order valence-electron chi connectivity index (χ2n) is 7.65. The van der Waals surface area contributed by atoms with Crippen molar-refractivity contribution in [2.75, 3.05) is 0 Å². The third-order valence-electron chi connectivity index (χ3n) is 6.15. The van der Waals surface area contributed by atoms with Gasteiger partial charge in [0.05, 0.1) is 0 Å². The molecule has 0 bridgehead atoms. The van der Waals surface area contributed by atoms with Gasteiger partial charge in [0.1, 0.15) is 0 Å². The molecule has 2 atom stereocenters. The van der Waals surface area contributed by atoms with Gasteiger partial charge in [0.15, 0.2) is 0 Å². The molecule has 27 heavy (non-hydrogen) atoms. The van der Waals surface area contributed by atoms with E-state index >= 15 is 0 Å². The van der Waals surface area contributed by atoms with E-state index in [4.69, 9.17) is 0 Å². The zero-order valence-electron chi connectivity index (χ0n) is 15.1. The Morgan fingerprint density at radius 2 is 1.81 bits per heavy atom. The van der Waals surface area contributed by atoms with Gasteiger partial charge in [0.2, 0.25) is 0 Å². The van der Waals surface area contributed by atoms with Crippen LogP contribution in [0, 0.1) is 11.8 Å². The maximum atomic E-state index is 2.48. The molecule has 6 rings (SSSR count). The summed E-state index contributed by atoms with van der Waals surface area (Å²) in [5, 5.41) is 0. The molecule has 0 N–H and O–H groups in total. The highest BCUT2D eigenvalue weighted by molar-refractivity contribution is 5.81. The first-order chi connectivity index (χ1) is 12.9. The van der Waals surface area contributed by atoms with E-state index in [1.165, 1.54) is 47.1 Å². The van der Waals surface area contributed by atoms with Gasteiger partial charge in [-0.1, -0.05) is 93.8 Å². The zero-order valence-corrected chi connectivity index (χ0v) is 15.1.